The van der Waals surface area contributed by atoms with Gasteiger partial charge in [0.25, 0.3) is 0 Å². The number of hydrogen-bond donors (Lipinski definition) is 0. The number of amides is 1. The van der Waals surface area contributed by atoms with Crippen LogP contribution in [0.2, 0.25) is 0 Å². The molecule has 4 heteroatoms. The number of carbonyl (C=O) groups excluding carboxylic acids is 1. The molecule has 1 amide bonds. The second-order valence-electron chi connectivity index (χ2n) is 6.56. The topological polar surface area (TPSA) is 38.8 Å². The number of carbonyl (C=O) groups is 1. The average Bonchev–Trinajstić information content (AvgIpc) is 2.27. The maximum Gasteiger partial charge on any atom is 0.410 e. The Bertz CT molecular complexity index is 263. The van der Waals surface area contributed by atoms with E-state index in [9.17, 15) is 4.79 Å². The normalized spacial score (nSPS) is 16.7. The van der Waals surface area contributed by atoms with Crippen LogP contribution in [-0.4, -0.2) is 41.9 Å². The van der Waals surface area contributed by atoms with E-state index < -0.39 is 5.60 Å². The van der Waals surface area contributed by atoms with Gasteiger partial charge in [-0.3, -0.25) is 0 Å². The zero-order valence-electron chi connectivity index (χ0n) is 14.4. The molecule has 20 heavy (non-hydrogen) atoms. The number of piperidine rings is 1. The van der Waals surface area contributed by atoms with Crippen LogP contribution in [0, 0.1) is 0 Å². The third-order valence-corrected chi connectivity index (χ3v) is 2.56. The quantitative estimate of drug-likeness (QED) is 0.763. The van der Waals surface area contributed by atoms with Gasteiger partial charge in [-0.05, 0) is 47.5 Å². The molecule has 1 heterocycles. The highest BCUT2D eigenvalue weighted by molar-refractivity contribution is 5.68. The monoisotopic (exact) mass is 287 g/mol. The van der Waals surface area contributed by atoms with Crippen LogP contribution >= 0.6 is 0 Å². The van der Waals surface area contributed by atoms with E-state index in [4.69, 9.17) is 9.47 Å². The fourth-order valence-electron chi connectivity index (χ4n) is 1.89. The van der Waals surface area contributed by atoms with Crippen molar-refractivity contribution in [2.24, 2.45) is 0 Å². The molecule has 1 fully saturated rings. The largest absolute Gasteiger partial charge is 0.444 e. The summed E-state index contributed by atoms with van der Waals surface area (Å²) in [6.45, 7) is 15.5. The van der Waals surface area contributed by atoms with E-state index >= 15 is 0 Å². The molecule has 0 aromatic heterocycles. The van der Waals surface area contributed by atoms with Gasteiger partial charge >= 0.3 is 6.09 Å². The number of hydrogen-bond acceptors (Lipinski definition) is 3. The van der Waals surface area contributed by atoms with Crippen molar-refractivity contribution >= 4 is 6.09 Å². The van der Waals surface area contributed by atoms with Gasteiger partial charge in [-0.1, -0.05) is 20.3 Å². The summed E-state index contributed by atoms with van der Waals surface area (Å²) in [4.78, 5) is 13.6. The van der Waals surface area contributed by atoms with E-state index in [1.54, 1.807) is 4.90 Å². The molecule has 0 unspecified atom stereocenters. The summed E-state index contributed by atoms with van der Waals surface area (Å²) in [6, 6.07) is 0. The third-order valence-electron chi connectivity index (χ3n) is 2.56. The summed E-state index contributed by atoms with van der Waals surface area (Å²) in [5, 5.41) is 0. The summed E-state index contributed by atoms with van der Waals surface area (Å²) in [6.07, 6.45) is 3.39. The van der Waals surface area contributed by atoms with Crippen LogP contribution in [0.5, 0.6) is 0 Å². The zero-order valence-corrected chi connectivity index (χ0v) is 14.4. The molecule has 120 valence electrons. The molecule has 0 N–H and O–H groups in total. The van der Waals surface area contributed by atoms with Gasteiger partial charge in [-0.2, -0.15) is 0 Å². The van der Waals surface area contributed by atoms with Crippen molar-refractivity contribution in [3.63, 3.8) is 0 Å². The van der Waals surface area contributed by atoms with E-state index in [0.717, 1.165) is 25.9 Å². The molecule has 0 saturated carbocycles. The Balaban J connectivity index is 0.00000110. The van der Waals surface area contributed by atoms with E-state index in [-0.39, 0.29) is 18.3 Å². The molecule has 0 radical (unpaired) electrons. The predicted octanol–water partition coefficient (Wildman–Crippen LogP) is 4.23. The molecule has 1 saturated heterocycles. The van der Waals surface area contributed by atoms with Crippen LogP contribution in [0.25, 0.3) is 0 Å². The van der Waals surface area contributed by atoms with Crippen molar-refractivity contribution in [3.05, 3.63) is 0 Å². The molecule has 0 spiro atoms. The lowest BCUT2D eigenvalue weighted by Crippen LogP contribution is -2.43. The maximum atomic E-state index is 11.8. The number of ether oxygens (including phenoxy) is 2. The van der Waals surface area contributed by atoms with E-state index in [0.29, 0.717) is 0 Å². The van der Waals surface area contributed by atoms with Crippen molar-refractivity contribution in [2.75, 3.05) is 13.1 Å². The summed E-state index contributed by atoms with van der Waals surface area (Å²) in [7, 11) is 0. The first kappa shape index (κ1) is 19.2. The summed E-state index contributed by atoms with van der Waals surface area (Å²) < 4.78 is 11.1. The highest BCUT2D eigenvalue weighted by atomic mass is 16.6. The minimum Gasteiger partial charge on any atom is -0.444 e. The minimum absolute atomic E-state index is 0.208. The molecule has 0 bridgehead atoms. The molecule has 0 aliphatic carbocycles. The molecule has 0 atom stereocenters. The second-order valence-corrected chi connectivity index (χ2v) is 6.56. The van der Waals surface area contributed by atoms with Gasteiger partial charge < -0.3 is 14.4 Å². The van der Waals surface area contributed by atoms with Crippen molar-refractivity contribution in [1.29, 1.82) is 0 Å². The average molecular weight is 287 g/mol. The first-order valence-electron chi connectivity index (χ1n) is 7.83. The zero-order chi connectivity index (χ0) is 15.8. The Morgan fingerprint density at radius 2 is 1.65 bits per heavy atom. The maximum absolute atomic E-state index is 11.8. The fraction of sp³-hybridized carbons (Fsp3) is 0.938. The summed E-state index contributed by atoms with van der Waals surface area (Å²) in [5.41, 5.74) is -0.414. The molecule has 0 aromatic rings. The standard InChI is InChI=1S/C13H25NO3.C3H8/c1-10(2)16-11-6-8-14(9-7-11)12(15)17-13(3,4)5;1-3-2/h10-11H,6-9H2,1-5H3;3H2,1-2H3. The van der Waals surface area contributed by atoms with Crippen molar-refractivity contribution in [2.45, 2.75) is 85.5 Å². The highest BCUT2D eigenvalue weighted by Crippen LogP contribution is 2.18. The summed E-state index contributed by atoms with van der Waals surface area (Å²) >= 11 is 0. The van der Waals surface area contributed by atoms with Gasteiger partial charge in [0, 0.05) is 13.1 Å². The fourth-order valence-corrected chi connectivity index (χ4v) is 1.89. The SMILES string of the molecule is CC(C)OC1CCN(C(=O)OC(C)(C)C)CC1.CCC. The Labute approximate surface area is 124 Å². The van der Waals surface area contributed by atoms with E-state index in [1.807, 2.05) is 34.6 Å². The Morgan fingerprint density at radius 3 is 2.00 bits per heavy atom. The van der Waals surface area contributed by atoms with Crippen LogP contribution in [0.1, 0.15) is 67.7 Å². The molecular weight excluding hydrogens is 254 g/mol. The van der Waals surface area contributed by atoms with Crippen LogP contribution in [0.3, 0.4) is 0 Å². The first-order chi connectivity index (χ1) is 9.19. The van der Waals surface area contributed by atoms with Crippen LogP contribution in [-0.2, 0) is 9.47 Å². The Kier molecular flexibility index (Phi) is 8.86. The lowest BCUT2D eigenvalue weighted by atomic mass is 10.1. The third kappa shape index (κ3) is 9.18. The molecule has 1 aliphatic rings. The highest BCUT2D eigenvalue weighted by Gasteiger charge is 2.27. The molecule has 0 aromatic carbocycles. The number of rotatable bonds is 2. The van der Waals surface area contributed by atoms with Gasteiger partial charge in [0.1, 0.15) is 5.60 Å². The van der Waals surface area contributed by atoms with E-state index in [2.05, 4.69) is 13.8 Å². The molecule has 4 nitrogen and oxygen atoms in total. The van der Waals surface area contributed by atoms with Crippen molar-refractivity contribution in [3.8, 4) is 0 Å². The van der Waals surface area contributed by atoms with Gasteiger partial charge in [0.2, 0.25) is 0 Å². The van der Waals surface area contributed by atoms with Gasteiger partial charge in [0.15, 0.2) is 0 Å². The van der Waals surface area contributed by atoms with Gasteiger partial charge in [0.05, 0.1) is 12.2 Å². The number of likely N-dealkylation sites (tertiary alicyclic amines) is 1. The van der Waals surface area contributed by atoms with Gasteiger partial charge in [-0.15, -0.1) is 0 Å². The number of nitrogens with zero attached hydrogens (tertiary/aromatic N) is 1. The van der Waals surface area contributed by atoms with Gasteiger partial charge in [-0.25, -0.2) is 4.79 Å². The molecule has 1 rings (SSSR count). The lowest BCUT2D eigenvalue weighted by molar-refractivity contribution is -0.0334. The Hall–Kier alpha value is -0.770. The molecular formula is C16H33NO3. The Morgan fingerprint density at radius 1 is 1.20 bits per heavy atom. The van der Waals surface area contributed by atoms with Crippen molar-refractivity contribution < 1.29 is 14.3 Å². The summed E-state index contributed by atoms with van der Waals surface area (Å²) in [5.74, 6) is 0. The second kappa shape index (κ2) is 9.22. The molecule has 1 aliphatic heterocycles. The van der Waals surface area contributed by atoms with Crippen LogP contribution in [0.4, 0.5) is 4.79 Å². The van der Waals surface area contributed by atoms with Crippen molar-refractivity contribution in [1.82, 2.24) is 4.90 Å². The lowest BCUT2D eigenvalue weighted by Gasteiger charge is -2.34. The van der Waals surface area contributed by atoms with Crippen LogP contribution < -0.4 is 0 Å². The van der Waals surface area contributed by atoms with E-state index in [1.165, 1.54) is 6.42 Å². The smallest absolute Gasteiger partial charge is 0.410 e. The minimum atomic E-state index is -0.414. The predicted molar refractivity (Wildman–Crippen MR) is 83.0 cm³/mol. The van der Waals surface area contributed by atoms with Crippen LogP contribution in [0.15, 0.2) is 0 Å². The first-order valence-corrected chi connectivity index (χ1v) is 7.83.